The second-order valence-electron chi connectivity index (χ2n) is 7.77. The molecule has 0 bridgehead atoms. The van der Waals surface area contributed by atoms with Gasteiger partial charge in [0.25, 0.3) is 10.0 Å². The summed E-state index contributed by atoms with van der Waals surface area (Å²) in [6.45, 7) is 2.68. The SMILES string of the molecule is Cc1nn(C)c(Cl)c1S(=O)(=O)Nc1cc(N2CCCC(C(=O)O)C2)cc2ccccc12. The number of carboxylic acid groups (broad SMARTS) is 1. The highest BCUT2D eigenvalue weighted by atomic mass is 35.5. The van der Waals surface area contributed by atoms with E-state index >= 15 is 0 Å². The van der Waals surface area contributed by atoms with E-state index in [-0.39, 0.29) is 10.0 Å². The van der Waals surface area contributed by atoms with Gasteiger partial charge in [0, 0.05) is 31.2 Å². The Bertz CT molecular complexity index is 1270. The number of aliphatic carboxylic acids is 1. The van der Waals surface area contributed by atoms with E-state index in [0.717, 1.165) is 22.9 Å². The van der Waals surface area contributed by atoms with Crippen molar-refractivity contribution in [3.63, 3.8) is 0 Å². The number of fused-ring (bicyclic) bond motifs is 1. The molecule has 10 heteroatoms. The predicted octanol–water partition coefficient (Wildman–Crippen LogP) is 3.64. The first-order valence-electron chi connectivity index (χ1n) is 9.90. The van der Waals surface area contributed by atoms with Crippen molar-refractivity contribution in [1.82, 2.24) is 9.78 Å². The van der Waals surface area contributed by atoms with Gasteiger partial charge in [-0.3, -0.25) is 14.2 Å². The van der Waals surface area contributed by atoms with Gasteiger partial charge in [-0.1, -0.05) is 35.9 Å². The minimum Gasteiger partial charge on any atom is -0.481 e. The lowest BCUT2D eigenvalue weighted by Crippen LogP contribution is -2.38. The summed E-state index contributed by atoms with van der Waals surface area (Å²) < 4.78 is 30.4. The lowest BCUT2D eigenvalue weighted by Gasteiger charge is -2.33. The standard InChI is InChI=1S/C21H23ClN4O4S/c1-13-19(20(22)25(2)23-13)31(29,30)24-18-11-16(10-14-6-3-4-8-17(14)18)26-9-5-7-15(12-26)21(27)28/h3-4,6,8,10-11,15,24H,5,7,9,12H2,1-2H3,(H,27,28). The molecule has 31 heavy (non-hydrogen) atoms. The van der Waals surface area contributed by atoms with Gasteiger partial charge in [0.15, 0.2) is 0 Å². The van der Waals surface area contributed by atoms with Crippen LogP contribution in [0.15, 0.2) is 41.3 Å². The number of rotatable bonds is 5. The molecule has 2 heterocycles. The third kappa shape index (κ3) is 4.07. The lowest BCUT2D eigenvalue weighted by atomic mass is 9.97. The number of anilines is 2. The highest BCUT2D eigenvalue weighted by Crippen LogP contribution is 2.34. The maximum Gasteiger partial charge on any atom is 0.308 e. The largest absolute Gasteiger partial charge is 0.481 e. The van der Waals surface area contributed by atoms with Crippen LogP contribution in [0.2, 0.25) is 5.15 Å². The van der Waals surface area contributed by atoms with Gasteiger partial charge in [-0.2, -0.15) is 5.10 Å². The van der Waals surface area contributed by atoms with Crippen LogP contribution < -0.4 is 9.62 Å². The number of sulfonamides is 1. The van der Waals surface area contributed by atoms with E-state index in [1.54, 1.807) is 20.0 Å². The number of aromatic nitrogens is 2. The number of hydrogen-bond donors (Lipinski definition) is 2. The van der Waals surface area contributed by atoms with Crippen molar-refractivity contribution < 1.29 is 18.3 Å². The Kier molecular flexibility index (Phi) is 5.57. The van der Waals surface area contributed by atoms with Crippen molar-refractivity contribution in [2.24, 2.45) is 13.0 Å². The first-order valence-corrected chi connectivity index (χ1v) is 11.8. The number of nitrogens with one attached hydrogen (secondary N) is 1. The van der Waals surface area contributed by atoms with Crippen molar-refractivity contribution in [2.75, 3.05) is 22.7 Å². The van der Waals surface area contributed by atoms with Crippen molar-refractivity contribution in [3.8, 4) is 0 Å². The van der Waals surface area contributed by atoms with Crippen LogP contribution in [0.3, 0.4) is 0 Å². The molecule has 0 amide bonds. The molecule has 1 atom stereocenters. The van der Waals surface area contributed by atoms with E-state index in [9.17, 15) is 18.3 Å². The van der Waals surface area contributed by atoms with Crippen LogP contribution in [-0.2, 0) is 21.9 Å². The molecule has 1 aliphatic heterocycles. The van der Waals surface area contributed by atoms with Crippen LogP contribution >= 0.6 is 11.6 Å². The summed E-state index contributed by atoms with van der Waals surface area (Å²) in [6, 6.07) is 11.2. The zero-order valence-electron chi connectivity index (χ0n) is 17.2. The minimum atomic E-state index is -3.99. The van der Waals surface area contributed by atoms with Gasteiger partial charge < -0.3 is 10.0 Å². The number of nitrogens with zero attached hydrogens (tertiary/aromatic N) is 3. The average molecular weight is 463 g/mol. The van der Waals surface area contributed by atoms with Crippen molar-refractivity contribution >= 4 is 49.7 Å². The molecule has 1 fully saturated rings. The molecule has 4 rings (SSSR count). The Morgan fingerprint density at radius 2 is 2.03 bits per heavy atom. The lowest BCUT2D eigenvalue weighted by molar-refractivity contribution is -0.141. The van der Waals surface area contributed by atoms with Gasteiger partial charge in [-0.25, -0.2) is 8.42 Å². The molecule has 2 aromatic carbocycles. The number of carboxylic acids is 1. The van der Waals surface area contributed by atoms with E-state index in [4.69, 9.17) is 11.6 Å². The van der Waals surface area contributed by atoms with Crippen molar-refractivity contribution in [1.29, 1.82) is 0 Å². The van der Waals surface area contributed by atoms with Gasteiger partial charge in [0.1, 0.15) is 10.0 Å². The molecule has 0 saturated carbocycles. The monoisotopic (exact) mass is 462 g/mol. The Morgan fingerprint density at radius 1 is 1.29 bits per heavy atom. The molecular formula is C21H23ClN4O4S. The van der Waals surface area contributed by atoms with E-state index in [1.807, 2.05) is 35.2 Å². The second kappa shape index (κ2) is 8.05. The molecule has 1 unspecified atom stereocenters. The smallest absolute Gasteiger partial charge is 0.308 e. The van der Waals surface area contributed by atoms with Crippen LogP contribution in [0.4, 0.5) is 11.4 Å². The molecule has 164 valence electrons. The maximum absolute atomic E-state index is 13.2. The van der Waals surface area contributed by atoms with Crippen LogP contribution in [-0.4, -0.2) is 42.4 Å². The van der Waals surface area contributed by atoms with Crippen molar-refractivity contribution in [3.05, 3.63) is 47.2 Å². The Hall–Kier alpha value is -2.78. The maximum atomic E-state index is 13.2. The molecule has 2 N–H and O–H groups in total. The predicted molar refractivity (Wildman–Crippen MR) is 120 cm³/mol. The number of halogens is 1. The van der Waals surface area contributed by atoms with Gasteiger partial charge in [0.05, 0.1) is 17.3 Å². The fourth-order valence-electron chi connectivity index (χ4n) is 4.09. The zero-order valence-corrected chi connectivity index (χ0v) is 18.7. The van der Waals surface area contributed by atoms with Gasteiger partial charge in [-0.15, -0.1) is 0 Å². The quantitative estimate of drug-likeness (QED) is 0.599. The third-order valence-corrected chi connectivity index (χ3v) is 7.66. The molecule has 0 radical (unpaired) electrons. The first kappa shape index (κ1) is 21.5. The molecule has 0 aliphatic carbocycles. The van der Waals surface area contributed by atoms with Gasteiger partial charge in [0.2, 0.25) is 0 Å². The Balaban J connectivity index is 1.78. The number of aryl methyl sites for hydroxylation is 2. The van der Waals surface area contributed by atoms with Crippen molar-refractivity contribution in [2.45, 2.75) is 24.7 Å². The molecule has 0 spiro atoms. The van der Waals surface area contributed by atoms with Crippen LogP contribution in [0.5, 0.6) is 0 Å². The zero-order chi connectivity index (χ0) is 22.3. The number of hydrogen-bond acceptors (Lipinski definition) is 5. The highest BCUT2D eigenvalue weighted by molar-refractivity contribution is 7.93. The summed E-state index contributed by atoms with van der Waals surface area (Å²) in [6.07, 6.45) is 1.40. The van der Waals surface area contributed by atoms with E-state index in [0.29, 0.717) is 30.9 Å². The van der Waals surface area contributed by atoms with Gasteiger partial charge in [-0.05, 0) is 37.3 Å². The summed E-state index contributed by atoms with van der Waals surface area (Å²) >= 11 is 6.20. The fraction of sp³-hybridized carbons (Fsp3) is 0.333. The van der Waals surface area contributed by atoms with E-state index in [2.05, 4.69) is 9.82 Å². The number of benzene rings is 2. The van der Waals surface area contributed by atoms with E-state index in [1.165, 1.54) is 4.68 Å². The second-order valence-corrected chi connectivity index (χ2v) is 9.75. The summed E-state index contributed by atoms with van der Waals surface area (Å²) in [4.78, 5) is 13.4. The van der Waals surface area contributed by atoms with E-state index < -0.39 is 21.9 Å². The molecule has 8 nitrogen and oxygen atoms in total. The summed E-state index contributed by atoms with van der Waals surface area (Å²) in [5.74, 6) is -1.26. The summed E-state index contributed by atoms with van der Waals surface area (Å²) in [5.41, 5.74) is 1.49. The minimum absolute atomic E-state index is 0.0331. The van der Waals surface area contributed by atoms with Crippen LogP contribution in [0.1, 0.15) is 18.5 Å². The topological polar surface area (TPSA) is 105 Å². The molecular weight excluding hydrogens is 440 g/mol. The number of carbonyl (C=O) groups is 1. The highest BCUT2D eigenvalue weighted by Gasteiger charge is 2.28. The normalized spacial score (nSPS) is 17.1. The molecule has 1 aliphatic rings. The average Bonchev–Trinajstić information content (AvgIpc) is 2.99. The summed E-state index contributed by atoms with van der Waals surface area (Å²) in [5, 5.41) is 15.1. The van der Waals surface area contributed by atoms with Gasteiger partial charge >= 0.3 is 5.97 Å². The van der Waals surface area contributed by atoms with Crippen LogP contribution in [0.25, 0.3) is 10.8 Å². The molecule has 1 aromatic heterocycles. The fourth-order valence-corrected chi connectivity index (χ4v) is 5.91. The first-order chi connectivity index (χ1) is 14.7. The molecule has 3 aromatic rings. The molecule has 1 saturated heterocycles. The Morgan fingerprint density at radius 3 is 2.71 bits per heavy atom. The number of piperidine rings is 1. The summed E-state index contributed by atoms with van der Waals surface area (Å²) in [7, 11) is -2.41. The van der Waals surface area contributed by atoms with Crippen LogP contribution in [0, 0.1) is 12.8 Å². The third-order valence-electron chi connectivity index (χ3n) is 5.60. The Labute approximate surface area is 185 Å².